The number of fused-ring (bicyclic) bond motifs is 1. The quantitative estimate of drug-likeness (QED) is 0.255. The van der Waals surface area contributed by atoms with Crippen LogP contribution in [0.15, 0.2) is 36.9 Å². The Morgan fingerprint density at radius 2 is 1.81 bits per heavy atom. The number of alkyl carbamates (subject to hydrolysis) is 1. The van der Waals surface area contributed by atoms with Crippen molar-refractivity contribution < 1.29 is 38.5 Å². The highest BCUT2D eigenvalue weighted by atomic mass is 16.6. The van der Waals surface area contributed by atoms with Crippen LogP contribution in [0.4, 0.5) is 4.79 Å². The molecule has 1 saturated carbocycles. The van der Waals surface area contributed by atoms with Crippen LogP contribution in [0, 0.1) is 5.41 Å². The molecule has 48 heavy (non-hydrogen) atoms. The number of ether oxygens (including phenoxy) is 3. The Balaban J connectivity index is 1.71. The van der Waals surface area contributed by atoms with Crippen molar-refractivity contribution in [2.24, 2.45) is 5.41 Å². The average Bonchev–Trinajstić information content (AvgIpc) is 3.76. The zero-order chi connectivity index (χ0) is 35.6. The summed E-state index contributed by atoms with van der Waals surface area (Å²) < 4.78 is 17.5. The van der Waals surface area contributed by atoms with Crippen LogP contribution in [0.5, 0.6) is 11.5 Å². The molecule has 0 spiro atoms. The van der Waals surface area contributed by atoms with E-state index in [2.05, 4.69) is 17.2 Å². The molecule has 4 rings (SSSR count). The number of benzene rings is 1. The Morgan fingerprint density at radius 1 is 1.12 bits per heavy atom. The van der Waals surface area contributed by atoms with Crippen molar-refractivity contribution in [3.05, 3.63) is 42.6 Å². The maximum absolute atomic E-state index is 14.4. The molecule has 4 atom stereocenters. The van der Waals surface area contributed by atoms with Gasteiger partial charge >= 0.3 is 12.1 Å². The molecule has 262 valence electrons. The van der Waals surface area contributed by atoms with E-state index in [9.17, 15) is 24.3 Å². The smallest absolute Gasteiger partial charge is 0.408 e. The molecular formula is C36H50N4O8. The molecule has 3 N–H and O–H groups in total. The van der Waals surface area contributed by atoms with Gasteiger partial charge in [-0.25, -0.2) is 9.59 Å². The molecule has 3 amide bonds. The molecule has 1 aliphatic heterocycles. The molecule has 1 saturated heterocycles. The molecule has 12 heteroatoms. The molecule has 2 aromatic rings. The van der Waals surface area contributed by atoms with E-state index in [4.69, 9.17) is 19.2 Å². The lowest BCUT2D eigenvalue weighted by molar-refractivity contribution is -0.149. The van der Waals surface area contributed by atoms with Crippen LogP contribution >= 0.6 is 0 Å². The first-order valence-electron chi connectivity index (χ1n) is 16.5. The summed E-state index contributed by atoms with van der Waals surface area (Å²) in [5.41, 5.74) is -1.57. The normalized spacial score (nSPS) is 20.0. The standard InChI is InChI=1S/C36H50N4O8/c1-10-16-36(11-2,32(43)44)39-30(41)27-18-23(20-40(27)31(42)29(34(3,4)5)38-33(45)48-35(6,7)8)47-28-19-25(21-12-13-21)37-26-17-22(46-9)14-15-24(26)28/h10,14-15,17,19,21,23,27,29H,1,11-13,16,18,20H2,2-9H3,(H,38,45)(H,39,41)(H,43,44)/t23-,27+,29-,36-/m1/s1. The van der Waals surface area contributed by atoms with Gasteiger partial charge < -0.3 is 34.9 Å². The third-order valence-corrected chi connectivity index (χ3v) is 8.78. The van der Waals surface area contributed by atoms with Gasteiger partial charge in [0.2, 0.25) is 11.8 Å². The first kappa shape index (κ1) is 36.5. The number of carbonyl (C=O) groups is 4. The summed E-state index contributed by atoms with van der Waals surface area (Å²) in [4.78, 5) is 60.0. The number of nitrogens with one attached hydrogen (secondary N) is 2. The van der Waals surface area contributed by atoms with E-state index in [1.54, 1.807) is 55.6 Å². The molecule has 0 unspecified atom stereocenters. The summed E-state index contributed by atoms with van der Waals surface area (Å²) in [6.45, 7) is 16.0. The fraction of sp³-hybridized carbons (Fsp3) is 0.583. The van der Waals surface area contributed by atoms with Crippen molar-refractivity contribution in [3.8, 4) is 11.5 Å². The second-order valence-electron chi connectivity index (χ2n) is 14.9. The molecule has 1 aromatic heterocycles. The fourth-order valence-electron chi connectivity index (χ4n) is 5.94. The lowest BCUT2D eigenvalue weighted by Gasteiger charge is -2.36. The maximum atomic E-state index is 14.4. The molecular weight excluding hydrogens is 616 g/mol. The predicted octanol–water partition coefficient (Wildman–Crippen LogP) is 5.33. The van der Waals surface area contributed by atoms with E-state index < -0.39 is 58.6 Å². The van der Waals surface area contributed by atoms with Crippen molar-refractivity contribution in [2.75, 3.05) is 13.7 Å². The van der Waals surface area contributed by atoms with Crippen LogP contribution in [-0.2, 0) is 19.1 Å². The van der Waals surface area contributed by atoms with Gasteiger partial charge in [-0.2, -0.15) is 0 Å². The zero-order valence-corrected chi connectivity index (χ0v) is 29.3. The van der Waals surface area contributed by atoms with E-state index in [0.717, 1.165) is 23.9 Å². The Labute approximate surface area is 282 Å². The van der Waals surface area contributed by atoms with Crippen molar-refractivity contribution in [1.82, 2.24) is 20.5 Å². The molecule has 1 aromatic carbocycles. The molecule has 0 radical (unpaired) electrons. The number of aromatic nitrogens is 1. The van der Waals surface area contributed by atoms with E-state index in [-0.39, 0.29) is 25.8 Å². The summed E-state index contributed by atoms with van der Waals surface area (Å²) in [6.07, 6.45) is 2.29. The highest BCUT2D eigenvalue weighted by Crippen LogP contribution is 2.42. The lowest BCUT2D eigenvalue weighted by atomic mass is 9.85. The summed E-state index contributed by atoms with van der Waals surface area (Å²) in [7, 11) is 1.59. The third kappa shape index (κ3) is 8.38. The van der Waals surface area contributed by atoms with Crippen LogP contribution in [0.1, 0.15) is 92.2 Å². The van der Waals surface area contributed by atoms with E-state index >= 15 is 0 Å². The minimum Gasteiger partial charge on any atom is -0.497 e. The van der Waals surface area contributed by atoms with Gasteiger partial charge in [-0.1, -0.05) is 33.8 Å². The number of hydrogen-bond donors (Lipinski definition) is 3. The van der Waals surface area contributed by atoms with Gasteiger partial charge in [0.05, 0.1) is 19.2 Å². The molecule has 0 bridgehead atoms. The van der Waals surface area contributed by atoms with Crippen molar-refractivity contribution in [3.63, 3.8) is 0 Å². The minimum absolute atomic E-state index is 0.00755. The number of methoxy groups -OCH3 is 1. The zero-order valence-electron chi connectivity index (χ0n) is 29.3. The van der Waals surface area contributed by atoms with Crippen LogP contribution in [0.25, 0.3) is 10.9 Å². The predicted molar refractivity (Wildman–Crippen MR) is 181 cm³/mol. The second kappa shape index (κ2) is 14.0. The molecule has 2 heterocycles. The number of carboxylic acid groups (broad SMARTS) is 1. The van der Waals surface area contributed by atoms with Gasteiger partial charge in [0, 0.05) is 35.6 Å². The Bertz CT molecular complexity index is 1560. The highest BCUT2D eigenvalue weighted by molar-refractivity contribution is 5.95. The fourth-order valence-corrected chi connectivity index (χ4v) is 5.94. The van der Waals surface area contributed by atoms with Crippen LogP contribution < -0.4 is 20.1 Å². The molecule has 1 aliphatic carbocycles. The Kier molecular flexibility index (Phi) is 10.7. The van der Waals surface area contributed by atoms with Crippen molar-refractivity contribution in [1.29, 1.82) is 0 Å². The minimum atomic E-state index is -1.61. The summed E-state index contributed by atoms with van der Waals surface area (Å²) in [6, 6.07) is 5.30. The van der Waals surface area contributed by atoms with Gasteiger partial charge in [0.1, 0.15) is 40.8 Å². The molecule has 2 fully saturated rings. The Hall–Kier alpha value is -4.35. The first-order chi connectivity index (χ1) is 22.4. The lowest BCUT2D eigenvalue weighted by Crippen LogP contribution is -2.61. The number of likely N-dealkylation sites (tertiary alicyclic amines) is 1. The van der Waals surface area contributed by atoms with E-state index in [1.165, 1.54) is 11.0 Å². The van der Waals surface area contributed by atoms with Crippen LogP contribution in [0.2, 0.25) is 0 Å². The summed E-state index contributed by atoms with van der Waals surface area (Å²) >= 11 is 0. The topological polar surface area (TPSA) is 156 Å². The van der Waals surface area contributed by atoms with Gasteiger partial charge in [-0.15, -0.1) is 6.58 Å². The van der Waals surface area contributed by atoms with Crippen molar-refractivity contribution >= 4 is 34.8 Å². The monoisotopic (exact) mass is 666 g/mol. The van der Waals surface area contributed by atoms with Gasteiger partial charge in [-0.3, -0.25) is 14.6 Å². The highest BCUT2D eigenvalue weighted by Gasteiger charge is 2.48. The number of carbonyl (C=O) groups excluding carboxylic acids is 3. The number of pyridine rings is 1. The summed E-state index contributed by atoms with van der Waals surface area (Å²) in [5, 5.41) is 16.3. The largest absolute Gasteiger partial charge is 0.497 e. The van der Waals surface area contributed by atoms with Crippen molar-refractivity contribution in [2.45, 2.75) is 116 Å². The van der Waals surface area contributed by atoms with Gasteiger partial charge in [0.25, 0.3) is 0 Å². The number of amides is 3. The van der Waals surface area contributed by atoms with Crippen LogP contribution in [-0.4, -0.2) is 81.8 Å². The van der Waals surface area contributed by atoms with Gasteiger partial charge in [0.15, 0.2) is 0 Å². The number of aliphatic carboxylic acids is 1. The van der Waals surface area contributed by atoms with E-state index in [0.29, 0.717) is 22.9 Å². The number of carboxylic acids is 1. The SMILES string of the molecule is C=CC[C@@](CC)(NC(=O)[C@@H]1C[C@@H](Oc2cc(C3CC3)nc3cc(OC)ccc23)CN1C(=O)[C@@H](NC(=O)OC(C)(C)C)C(C)(C)C)C(=O)O. The van der Waals surface area contributed by atoms with E-state index in [1.807, 2.05) is 24.3 Å². The second-order valence-corrected chi connectivity index (χ2v) is 14.9. The summed E-state index contributed by atoms with van der Waals surface area (Å²) in [5.74, 6) is -0.782. The number of rotatable bonds is 12. The number of nitrogens with zero attached hydrogens (tertiary/aromatic N) is 2. The van der Waals surface area contributed by atoms with Crippen LogP contribution in [0.3, 0.4) is 0 Å². The Morgan fingerprint density at radius 3 is 2.35 bits per heavy atom. The molecule has 12 nitrogen and oxygen atoms in total. The number of hydrogen-bond acceptors (Lipinski definition) is 8. The molecule has 2 aliphatic rings. The third-order valence-electron chi connectivity index (χ3n) is 8.78. The maximum Gasteiger partial charge on any atom is 0.408 e. The van der Waals surface area contributed by atoms with Gasteiger partial charge in [-0.05, 0) is 64.0 Å². The first-order valence-corrected chi connectivity index (χ1v) is 16.5. The average molecular weight is 667 g/mol.